The zero-order chi connectivity index (χ0) is 28.0. The fraction of sp³-hybridized carbons (Fsp3) is 0.125. The van der Waals surface area contributed by atoms with Crippen molar-refractivity contribution in [2.45, 2.75) is 11.0 Å². The number of hydrogen-bond donors (Lipinski definition) is 0. The Bertz CT molecular complexity index is 1340. The standard InChI is InChI=1S/C16H6Cl4F6N2O6S2/c17-7-1-3-11(9(19)5-7)27(35(31,32)15(21,22)23)13(29)14(30)28(36(33,34)16(24,25)26)12-4-2-8(18)6-10(12)20/h1-6H. The summed E-state index contributed by atoms with van der Waals surface area (Å²) in [7, 11) is -13.8. The fourth-order valence-corrected chi connectivity index (χ4v) is 5.30. The average Bonchev–Trinajstić information content (AvgIpc) is 2.69. The highest BCUT2D eigenvalue weighted by Crippen LogP contribution is 2.39. The van der Waals surface area contributed by atoms with E-state index in [1.54, 1.807) is 0 Å². The minimum Gasteiger partial charge on any atom is -0.262 e. The van der Waals surface area contributed by atoms with Crippen LogP contribution >= 0.6 is 46.4 Å². The Kier molecular flexibility index (Phi) is 8.45. The van der Waals surface area contributed by atoms with Gasteiger partial charge in [-0.1, -0.05) is 46.4 Å². The normalized spacial score (nSPS) is 12.8. The highest BCUT2D eigenvalue weighted by atomic mass is 35.5. The molecule has 0 aliphatic heterocycles. The summed E-state index contributed by atoms with van der Waals surface area (Å²) >= 11 is 22.5. The first-order valence-electron chi connectivity index (χ1n) is 8.36. The summed E-state index contributed by atoms with van der Waals surface area (Å²) in [6.07, 6.45) is 0. The first kappa shape index (κ1) is 30.2. The minimum atomic E-state index is -6.91. The Hall–Kier alpha value is -1.98. The van der Waals surface area contributed by atoms with E-state index in [1.807, 2.05) is 0 Å². The zero-order valence-electron chi connectivity index (χ0n) is 16.4. The van der Waals surface area contributed by atoms with Crippen LogP contribution in [0, 0.1) is 0 Å². The molecule has 2 aromatic carbocycles. The molecule has 0 unspecified atom stereocenters. The summed E-state index contributed by atoms with van der Waals surface area (Å²) in [5, 5.41) is -2.54. The number of hydrogen-bond acceptors (Lipinski definition) is 6. The molecule has 20 heteroatoms. The quantitative estimate of drug-likeness (QED) is 0.328. The second-order valence-electron chi connectivity index (χ2n) is 6.23. The van der Waals surface area contributed by atoms with Crippen LogP contribution in [-0.4, -0.2) is 39.7 Å². The van der Waals surface area contributed by atoms with Crippen molar-refractivity contribution >= 4 is 89.6 Å². The molecule has 0 radical (unpaired) electrons. The molecule has 2 aromatic rings. The Morgan fingerprint density at radius 3 is 1.11 bits per heavy atom. The van der Waals surface area contributed by atoms with Gasteiger partial charge in [-0.25, -0.2) is 0 Å². The minimum absolute atomic E-state index is 0.291. The van der Waals surface area contributed by atoms with Crippen molar-refractivity contribution in [3.05, 3.63) is 56.5 Å². The van der Waals surface area contributed by atoms with E-state index in [4.69, 9.17) is 46.4 Å². The number of halogens is 10. The van der Waals surface area contributed by atoms with Crippen molar-refractivity contribution in [3.8, 4) is 0 Å². The molecule has 2 amide bonds. The summed E-state index contributed by atoms with van der Waals surface area (Å²) < 4.78 is 126. The topological polar surface area (TPSA) is 109 Å². The van der Waals surface area contributed by atoms with Crippen molar-refractivity contribution in [3.63, 3.8) is 0 Å². The van der Waals surface area contributed by atoms with Crippen molar-refractivity contribution in [1.29, 1.82) is 0 Å². The molecule has 0 bridgehead atoms. The second kappa shape index (κ2) is 10.1. The number of amides is 2. The Morgan fingerprint density at radius 1 is 0.611 bits per heavy atom. The van der Waals surface area contributed by atoms with E-state index in [0.29, 0.717) is 24.3 Å². The van der Waals surface area contributed by atoms with Gasteiger partial charge in [0.2, 0.25) is 0 Å². The molecular weight excluding hydrogens is 636 g/mol. The number of anilines is 2. The maximum absolute atomic E-state index is 13.3. The summed E-state index contributed by atoms with van der Waals surface area (Å²) in [6, 6.07) is 3.54. The maximum Gasteiger partial charge on any atom is 0.517 e. The first-order valence-corrected chi connectivity index (χ1v) is 12.8. The number of carbonyl (C=O) groups is 2. The Morgan fingerprint density at radius 2 is 0.889 bits per heavy atom. The van der Waals surface area contributed by atoms with Crippen molar-refractivity contribution < 1.29 is 52.8 Å². The highest BCUT2D eigenvalue weighted by molar-refractivity contribution is 7.95. The van der Waals surface area contributed by atoms with Crippen LogP contribution in [0.3, 0.4) is 0 Å². The Balaban J connectivity index is 2.89. The van der Waals surface area contributed by atoms with Gasteiger partial charge in [0.25, 0.3) is 0 Å². The lowest BCUT2D eigenvalue weighted by molar-refractivity contribution is -0.135. The molecule has 0 saturated carbocycles. The molecule has 0 saturated heterocycles. The van der Waals surface area contributed by atoms with Gasteiger partial charge in [0.05, 0.1) is 21.4 Å². The third kappa shape index (κ3) is 5.62. The number of sulfonamides is 2. The van der Waals surface area contributed by atoms with E-state index in [-0.39, 0.29) is 10.0 Å². The highest BCUT2D eigenvalue weighted by Gasteiger charge is 2.58. The van der Waals surface area contributed by atoms with Crippen LogP contribution in [-0.2, 0) is 29.6 Å². The lowest BCUT2D eigenvalue weighted by Crippen LogP contribution is -2.55. The van der Waals surface area contributed by atoms with Crippen LogP contribution < -0.4 is 8.61 Å². The molecule has 2 rings (SSSR count). The van der Waals surface area contributed by atoms with Gasteiger partial charge in [0, 0.05) is 10.0 Å². The van der Waals surface area contributed by atoms with E-state index >= 15 is 0 Å². The van der Waals surface area contributed by atoms with Crippen LogP contribution in [0.4, 0.5) is 37.7 Å². The summed E-state index contributed by atoms with van der Waals surface area (Å²) in [5.41, 5.74) is -15.4. The molecule has 0 atom stereocenters. The molecule has 0 fully saturated rings. The Labute approximate surface area is 218 Å². The third-order valence-electron chi connectivity index (χ3n) is 3.87. The van der Waals surface area contributed by atoms with Gasteiger partial charge in [0.15, 0.2) is 0 Å². The largest absolute Gasteiger partial charge is 0.517 e. The molecule has 198 valence electrons. The van der Waals surface area contributed by atoms with Crippen LogP contribution in [0.1, 0.15) is 0 Å². The molecule has 0 N–H and O–H groups in total. The molecule has 0 aromatic heterocycles. The maximum atomic E-state index is 13.3. The van der Waals surface area contributed by atoms with Crippen LogP contribution in [0.2, 0.25) is 20.1 Å². The van der Waals surface area contributed by atoms with E-state index in [1.165, 1.54) is 0 Å². The van der Waals surface area contributed by atoms with Crippen molar-refractivity contribution in [1.82, 2.24) is 0 Å². The number of benzene rings is 2. The van der Waals surface area contributed by atoms with Crippen LogP contribution in [0.15, 0.2) is 36.4 Å². The molecule has 0 aliphatic carbocycles. The van der Waals surface area contributed by atoms with E-state index in [0.717, 1.165) is 12.1 Å². The van der Waals surface area contributed by atoms with Gasteiger partial charge in [-0.15, -0.1) is 0 Å². The number of alkyl halides is 6. The predicted molar refractivity (Wildman–Crippen MR) is 118 cm³/mol. The lowest BCUT2D eigenvalue weighted by atomic mass is 10.3. The molecule has 0 aliphatic rings. The fourth-order valence-electron chi connectivity index (χ4n) is 2.37. The average molecular weight is 642 g/mol. The number of nitrogens with zero attached hydrogens (tertiary/aromatic N) is 2. The van der Waals surface area contributed by atoms with Gasteiger partial charge >= 0.3 is 42.9 Å². The number of carbonyl (C=O) groups excluding carboxylic acids is 2. The number of rotatable bonds is 4. The third-order valence-corrected chi connectivity index (χ3v) is 7.81. The zero-order valence-corrected chi connectivity index (χ0v) is 21.1. The van der Waals surface area contributed by atoms with Crippen molar-refractivity contribution in [2.75, 3.05) is 8.61 Å². The van der Waals surface area contributed by atoms with E-state index in [2.05, 4.69) is 0 Å². The van der Waals surface area contributed by atoms with Gasteiger partial charge in [-0.05, 0) is 36.4 Å². The van der Waals surface area contributed by atoms with E-state index < -0.39 is 72.9 Å². The monoisotopic (exact) mass is 640 g/mol. The molecular formula is C16H6Cl4F6N2O6S2. The summed E-state index contributed by atoms with van der Waals surface area (Å²) in [4.78, 5) is 25.6. The van der Waals surface area contributed by atoms with Crippen LogP contribution in [0.25, 0.3) is 0 Å². The SMILES string of the molecule is O=C(C(=O)N(c1ccc(Cl)cc1Cl)S(=O)(=O)C(F)(F)F)N(c1ccc(Cl)cc1Cl)S(=O)(=O)C(F)(F)F. The van der Waals surface area contributed by atoms with E-state index in [9.17, 15) is 52.8 Å². The first-order chi connectivity index (χ1) is 16.1. The van der Waals surface area contributed by atoms with Crippen molar-refractivity contribution in [2.24, 2.45) is 0 Å². The lowest BCUT2D eigenvalue weighted by Gasteiger charge is -2.28. The summed E-state index contributed by atoms with van der Waals surface area (Å²) in [5.74, 6) is -5.84. The molecule has 36 heavy (non-hydrogen) atoms. The van der Waals surface area contributed by atoms with Gasteiger partial charge < -0.3 is 0 Å². The smallest absolute Gasteiger partial charge is 0.262 e. The van der Waals surface area contributed by atoms with Gasteiger partial charge in [0.1, 0.15) is 0 Å². The molecule has 8 nitrogen and oxygen atoms in total. The predicted octanol–water partition coefficient (Wildman–Crippen LogP) is 5.37. The second-order valence-corrected chi connectivity index (χ2v) is 11.5. The van der Waals surface area contributed by atoms with Gasteiger partial charge in [-0.2, -0.15) is 51.8 Å². The van der Waals surface area contributed by atoms with Gasteiger partial charge in [-0.3, -0.25) is 9.59 Å². The summed E-state index contributed by atoms with van der Waals surface area (Å²) in [6.45, 7) is 0. The molecule has 0 spiro atoms. The molecule has 0 heterocycles. The van der Waals surface area contributed by atoms with Crippen LogP contribution in [0.5, 0.6) is 0 Å².